The van der Waals surface area contributed by atoms with Crippen molar-refractivity contribution in [3.05, 3.63) is 64.0 Å². The number of hydrogen-bond acceptors (Lipinski definition) is 2. The molecule has 0 unspecified atom stereocenters. The Bertz CT molecular complexity index is 856. The predicted octanol–water partition coefficient (Wildman–Crippen LogP) is 4.52. The van der Waals surface area contributed by atoms with Crippen LogP contribution in [0.4, 0.5) is 0 Å². The van der Waals surface area contributed by atoms with Gasteiger partial charge in [0.2, 0.25) is 0 Å². The van der Waals surface area contributed by atoms with Crippen molar-refractivity contribution in [1.82, 2.24) is 9.55 Å². The lowest BCUT2D eigenvalue weighted by Gasteiger charge is -2.12. The Hall–Kier alpha value is -2.13. The molecule has 3 nitrogen and oxygen atoms in total. The van der Waals surface area contributed by atoms with Gasteiger partial charge in [-0.3, -0.25) is 4.57 Å². The molecule has 0 fully saturated rings. The van der Waals surface area contributed by atoms with E-state index < -0.39 is 0 Å². The quantitative estimate of drug-likeness (QED) is 0.710. The smallest absolute Gasteiger partial charge is 0.292 e. The van der Waals surface area contributed by atoms with Crippen molar-refractivity contribution in [2.24, 2.45) is 0 Å². The zero-order valence-electron chi connectivity index (χ0n) is 12.4. The normalized spacial score (nSPS) is 11.0. The highest BCUT2D eigenvalue weighted by molar-refractivity contribution is 6.31. The summed E-state index contributed by atoms with van der Waals surface area (Å²) in [6.45, 7) is 2.78. The number of halogens is 1. The summed E-state index contributed by atoms with van der Waals surface area (Å²) in [4.78, 5) is 16.8. The fourth-order valence-electron chi connectivity index (χ4n) is 2.60. The lowest BCUT2D eigenvalue weighted by Crippen LogP contribution is -2.24. The summed E-state index contributed by atoms with van der Waals surface area (Å²) in [6.07, 6.45) is 1.98. The molecule has 0 bridgehead atoms. The summed E-state index contributed by atoms with van der Waals surface area (Å²) in [5.74, 6) is 0. The van der Waals surface area contributed by atoms with Gasteiger partial charge in [-0.1, -0.05) is 55.3 Å². The van der Waals surface area contributed by atoms with E-state index in [1.807, 2.05) is 48.5 Å². The van der Waals surface area contributed by atoms with Crippen molar-refractivity contribution in [2.45, 2.75) is 26.3 Å². The SMILES string of the molecule is CCCCn1c(=O)nc(-c2ccccc2)c2cc(Cl)ccc21. The summed E-state index contributed by atoms with van der Waals surface area (Å²) in [7, 11) is 0. The highest BCUT2D eigenvalue weighted by atomic mass is 35.5. The molecule has 1 aromatic heterocycles. The molecule has 0 atom stereocenters. The van der Waals surface area contributed by atoms with Crippen LogP contribution >= 0.6 is 11.6 Å². The number of nitrogens with zero attached hydrogens (tertiary/aromatic N) is 2. The Morgan fingerprint density at radius 1 is 1.14 bits per heavy atom. The predicted molar refractivity (Wildman–Crippen MR) is 91.4 cm³/mol. The minimum atomic E-state index is -0.206. The average Bonchev–Trinajstić information content (AvgIpc) is 2.54. The summed E-state index contributed by atoms with van der Waals surface area (Å²) >= 11 is 6.16. The van der Waals surface area contributed by atoms with Crippen LogP contribution in [0.5, 0.6) is 0 Å². The van der Waals surface area contributed by atoms with Crippen molar-refractivity contribution in [2.75, 3.05) is 0 Å². The van der Waals surface area contributed by atoms with Crippen molar-refractivity contribution < 1.29 is 0 Å². The number of aromatic nitrogens is 2. The maximum atomic E-state index is 12.4. The summed E-state index contributed by atoms with van der Waals surface area (Å²) in [5.41, 5.74) is 2.30. The van der Waals surface area contributed by atoms with Gasteiger partial charge < -0.3 is 0 Å². The number of benzene rings is 2. The van der Waals surface area contributed by atoms with Gasteiger partial charge in [0.05, 0.1) is 11.2 Å². The molecule has 0 saturated carbocycles. The molecule has 0 aliphatic rings. The van der Waals surface area contributed by atoms with Crippen LogP contribution < -0.4 is 5.69 Å². The lowest BCUT2D eigenvalue weighted by atomic mass is 10.1. The number of rotatable bonds is 4. The van der Waals surface area contributed by atoms with Gasteiger partial charge in [0.1, 0.15) is 0 Å². The van der Waals surface area contributed by atoms with Crippen LogP contribution in [0.1, 0.15) is 19.8 Å². The van der Waals surface area contributed by atoms with Crippen molar-refractivity contribution in [3.63, 3.8) is 0 Å². The van der Waals surface area contributed by atoms with Crippen molar-refractivity contribution in [3.8, 4) is 11.3 Å². The Kier molecular flexibility index (Phi) is 4.25. The van der Waals surface area contributed by atoms with Gasteiger partial charge in [0.15, 0.2) is 0 Å². The topological polar surface area (TPSA) is 34.9 Å². The Labute approximate surface area is 134 Å². The lowest BCUT2D eigenvalue weighted by molar-refractivity contribution is 0.620. The zero-order chi connectivity index (χ0) is 15.5. The van der Waals surface area contributed by atoms with Crippen LogP contribution in [0, 0.1) is 0 Å². The fraction of sp³-hybridized carbons (Fsp3) is 0.222. The van der Waals surface area contributed by atoms with Gasteiger partial charge in [0.25, 0.3) is 0 Å². The van der Waals surface area contributed by atoms with Crippen LogP contribution in [0.25, 0.3) is 22.2 Å². The molecule has 1 heterocycles. The number of hydrogen-bond donors (Lipinski definition) is 0. The fourth-order valence-corrected chi connectivity index (χ4v) is 2.77. The van der Waals surface area contributed by atoms with E-state index in [0.717, 1.165) is 29.3 Å². The maximum absolute atomic E-state index is 12.4. The average molecular weight is 313 g/mol. The van der Waals surface area contributed by atoms with Gasteiger partial charge in [-0.2, -0.15) is 4.98 Å². The zero-order valence-corrected chi connectivity index (χ0v) is 13.2. The van der Waals surface area contributed by atoms with Gasteiger partial charge in [-0.05, 0) is 24.6 Å². The van der Waals surface area contributed by atoms with Crippen LogP contribution in [0.2, 0.25) is 5.02 Å². The molecule has 0 spiro atoms. The van der Waals surface area contributed by atoms with E-state index in [1.165, 1.54) is 0 Å². The monoisotopic (exact) mass is 312 g/mol. The van der Waals surface area contributed by atoms with E-state index in [9.17, 15) is 4.79 Å². The molecule has 0 aliphatic carbocycles. The third kappa shape index (κ3) is 2.77. The first kappa shape index (κ1) is 14.8. The Morgan fingerprint density at radius 2 is 1.91 bits per heavy atom. The molecule has 22 heavy (non-hydrogen) atoms. The molecule has 0 aliphatic heterocycles. The second-order valence-electron chi connectivity index (χ2n) is 5.28. The molecule has 2 aromatic carbocycles. The second kappa shape index (κ2) is 6.32. The second-order valence-corrected chi connectivity index (χ2v) is 5.71. The first-order valence-electron chi connectivity index (χ1n) is 7.46. The van der Waals surface area contributed by atoms with Gasteiger partial charge in [-0.15, -0.1) is 0 Å². The minimum absolute atomic E-state index is 0.206. The molecule has 0 N–H and O–H groups in total. The van der Waals surface area contributed by atoms with Crippen LogP contribution in [-0.2, 0) is 6.54 Å². The van der Waals surface area contributed by atoms with Crippen LogP contribution in [-0.4, -0.2) is 9.55 Å². The standard InChI is InChI=1S/C18H17ClN2O/c1-2-3-11-21-16-10-9-14(19)12-15(16)17(20-18(21)22)13-7-5-4-6-8-13/h4-10,12H,2-3,11H2,1H3. The van der Waals surface area contributed by atoms with Gasteiger partial charge in [0, 0.05) is 22.5 Å². The highest BCUT2D eigenvalue weighted by Crippen LogP contribution is 2.27. The molecule has 112 valence electrons. The number of aryl methyl sites for hydroxylation is 1. The molecule has 0 saturated heterocycles. The summed E-state index contributed by atoms with van der Waals surface area (Å²) in [5, 5.41) is 1.56. The Balaban J connectivity index is 2.31. The number of unbranched alkanes of at least 4 members (excludes halogenated alkanes) is 1. The van der Waals surface area contributed by atoms with E-state index in [-0.39, 0.29) is 5.69 Å². The third-order valence-corrected chi connectivity index (χ3v) is 3.96. The molecule has 0 radical (unpaired) electrons. The first-order valence-corrected chi connectivity index (χ1v) is 7.84. The maximum Gasteiger partial charge on any atom is 0.348 e. The molecular weight excluding hydrogens is 296 g/mol. The third-order valence-electron chi connectivity index (χ3n) is 3.73. The molecule has 0 amide bonds. The van der Waals surface area contributed by atoms with Crippen molar-refractivity contribution >= 4 is 22.5 Å². The highest BCUT2D eigenvalue weighted by Gasteiger charge is 2.12. The van der Waals surface area contributed by atoms with Crippen LogP contribution in [0.3, 0.4) is 0 Å². The van der Waals surface area contributed by atoms with Crippen molar-refractivity contribution in [1.29, 1.82) is 0 Å². The molecule has 4 heteroatoms. The molecule has 3 aromatic rings. The molecular formula is C18H17ClN2O. The number of fused-ring (bicyclic) bond motifs is 1. The Morgan fingerprint density at radius 3 is 2.64 bits per heavy atom. The summed E-state index contributed by atoms with van der Waals surface area (Å²) < 4.78 is 1.74. The van der Waals surface area contributed by atoms with E-state index in [2.05, 4.69) is 11.9 Å². The van der Waals surface area contributed by atoms with E-state index >= 15 is 0 Å². The van der Waals surface area contributed by atoms with E-state index in [0.29, 0.717) is 17.3 Å². The minimum Gasteiger partial charge on any atom is -0.292 e. The summed E-state index contributed by atoms with van der Waals surface area (Å²) in [6, 6.07) is 15.3. The molecule has 3 rings (SSSR count). The van der Waals surface area contributed by atoms with Crippen LogP contribution in [0.15, 0.2) is 53.3 Å². The first-order chi connectivity index (χ1) is 10.7. The van der Waals surface area contributed by atoms with Gasteiger partial charge >= 0.3 is 5.69 Å². The van der Waals surface area contributed by atoms with E-state index in [1.54, 1.807) is 4.57 Å². The largest absolute Gasteiger partial charge is 0.348 e. The van der Waals surface area contributed by atoms with E-state index in [4.69, 9.17) is 11.6 Å². The van der Waals surface area contributed by atoms with Gasteiger partial charge in [-0.25, -0.2) is 4.79 Å².